The molecule has 2 aromatic rings. The third kappa shape index (κ3) is 2.09. The highest BCUT2D eigenvalue weighted by Gasteiger charge is 2.33. The first-order chi connectivity index (χ1) is 9.52. The van der Waals surface area contributed by atoms with Gasteiger partial charge in [0.15, 0.2) is 0 Å². The van der Waals surface area contributed by atoms with Crippen LogP contribution in [-0.2, 0) is 13.0 Å². The van der Waals surface area contributed by atoms with E-state index in [4.69, 9.17) is 5.11 Å². The topological polar surface area (TPSA) is 55.1 Å². The van der Waals surface area contributed by atoms with Crippen LogP contribution in [0.1, 0.15) is 49.3 Å². The van der Waals surface area contributed by atoms with Gasteiger partial charge in [0, 0.05) is 13.0 Å². The molecule has 0 spiro atoms. The van der Waals surface area contributed by atoms with Gasteiger partial charge in [-0.15, -0.1) is 0 Å². The number of benzene rings is 1. The van der Waals surface area contributed by atoms with Crippen LogP contribution in [0.15, 0.2) is 18.2 Å². The number of nitrogens with zero attached hydrogens (tertiary/aromatic N) is 2. The molecule has 1 aromatic heterocycles. The standard InChI is InChI=1S/C16H20N2O2/c1-3-14-17-12-9-11(15(19)20)5-6-13(12)18(14)10-16(2)7-4-8-16/h5-6,9H,3-4,7-8,10H2,1-2H3,(H,19,20). The van der Waals surface area contributed by atoms with Gasteiger partial charge in [-0.1, -0.05) is 20.3 Å². The van der Waals surface area contributed by atoms with E-state index < -0.39 is 5.97 Å². The van der Waals surface area contributed by atoms with Crippen molar-refractivity contribution < 1.29 is 9.90 Å². The lowest BCUT2D eigenvalue weighted by atomic mass is 9.70. The molecule has 0 amide bonds. The van der Waals surface area contributed by atoms with Gasteiger partial charge in [0.25, 0.3) is 0 Å². The van der Waals surface area contributed by atoms with Crippen molar-refractivity contribution >= 4 is 17.0 Å². The maximum absolute atomic E-state index is 11.1. The number of rotatable bonds is 4. The Morgan fingerprint density at radius 1 is 1.45 bits per heavy atom. The van der Waals surface area contributed by atoms with E-state index in [9.17, 15) is 4.79 Å². The third-order valence-electron chi connectivity index (χ3n) is 4.49. The van der Waals surface area contributed by atoms with E-state index in [1.807, 2.05) is 6.07 Å². The SMILES string of the molecule is CCc1nc2cc(C(=O)O)ccc2n1CC1(C)CCC1. The first kappa shape index (κ1) is 13.2. The molecule has 0 unspecified atom stereocenters. The largest absolute Gasteiger partial charge is 0.478 e. The number of aromatic carboxylic acids is 1. The maximum atomic E-state index is 11.1. The molecule has 1 saturated carbocycles. The van der Waals surface area contributed by atoms with Crippen LogP contribution in [0.2, 0.25) is 0 Å². The summed E-state index contributed by atoms with van der Waals surface area (Å²) in [6.07, 6.45) is 4.72. The number of aryl methyl sites for hydroxylation is 1. The zero-order valence-electron chi connectivity index (χ0n) is 12.0. The van der Waals surface area contributed by atoms with Crippen LogP contribution >= 0.6 is 0 Å². The average molecular weight is 272 g/mol. The molecule has 4 heteroatoms. The molecule has 0 atom stereocenters. The Bertz CT molecular complexity index is 668. The summed E-state index contributed by atoms with van der Waals surface area (Å²) in [5, 5.41) is 9.08. The Balaban J connectivity index is 2.07. The molecule has 1 aliphatic carbocycles. The number of aromatic nitrogens is 2. The highest BCUT2D eigenvalue weighted by Crippen LogP contribution is 2.42. The van der Waals surface area contributed by atoms with Gasteiger partial charge < -0.3 is 9.67 Å². The highest BCUT2D eigenvalue weighted by atomic mass is 16.4. The van der Waals surface area contributed by atoms with E-state index in [0.29, 0.717) is 11.0 Å². The molecule has 1 N–H and O–H groups in total. The van der Waals surface area contributed by atoms with Gasteiger partial charge in [0.1, 0.15) is 5.82 Å². The van der Waals surface area contributed by atoms with Crippen LogP contribution in [0.25, 0.3) is 11.0 Å². The molecule has 0 radical (unpaired) electrons. The van der Waals surface area contributed by atoms with Gasteiger partial charge >= 0.3 is 5.97 Å². The van der Waals surface area contributed by atoms with Crippen LogP contribution in [0.3, 0.4) is 0 Å². The first-order valence-electron chi connectivity index (χ1n) is 7.25. The summed E-state index contributed by atoms with van der Waals surface area (Å²) < 4.78 is 2.28. The number of carboxylic acid groups (broad SMARTS) is 1. The summed E-state index contributed by atoms with van der Waals surface area (Å²) in [5.74, 6) is 0.154. The van der Waals surface area contributed by atoms with E-state index in [1.165, 1.54) is 19.3 Å². The summed E-state index contributed by atoms with van der Waals surface area (Å²) >= 11 is 0. The monoisotopic (exact) mass is 272 g/mol. The van der Waals surface area contributed by atoms with Gasteiger partial charge in [-0.2, -0.15) is 0 Å². The summed E-state index contributed by atoms with van der Waals surface area (Å²) in [4.78, 5) is 15.7. The van der Waals surface area contributed by atoms with Crippen molar-refractivity contribution in [1.29, 1.82) is 0 Å². The Morgan fingerprint density at radius 2 is 2.20 bits per heavy atom. The molecule has 106 valence electrons. The van der Waals surface area contributed by atoms with Crippen LogP contribution in [-0.4, -0.2) is 20.6 Å². The lowest BCUT2D eigenvalue weighted by molar-refractivity contribution is 0.0697. The van der Waals surface area contributed by atoms with E-state index in [2.05, 4.69) is 23.4 Å². The maximum Gasteiger partial charge on any atom is 0.335 e. The van der Waals surface area contributed by atoms with Crippen molar-refractivity contribution in [1.82, 2.24) is 9.55 Å². The molecule has 4 nitrogen and oxygen atoms in total. The molecule has 1 aromatic carbocycles. The fraction of sp³-hybridized carbons (Fsp3) is 0.500. The van der Waals surface area contributed by atoms with Crippen LogP contribution < -0.4 is 0 Å². The smallest absolute Gasteiger partial charge is 0.335 e. The van der Waals surface area contributed by atoms with E-state index in [1.54, 1.807) is 12.1 Å². The van der Waals surface area contributed by atoms with Gasteiger partial charge in [-0.05, 0) is 36.5 Å². The first-order valence-corrected chi connectivity index (χ1v) is 7.25. The number of carboxylic acids is 1. The molecular formula is C16H20N2O2. The van der Waals surface area contributed by atoms with Gasteiger partial charge in [-0.3, -0.25) is 0 Å². The Morgan fingerprint density at radius 3 is 2.75 bits per heavy atom. The lowest BCUT2D eigenvalue weighted by Gasteiger charge is -2.39. The molecule has 0 saturated heterocycles. The Hall–Kier alpha value is -1.84. The van der Waals surface area contributed by atoms with Crippen LogP contribution in [0.4, 0.5) is 0 Å². The Kier molecular flexibility index (Phi) is 3.04. The number of hydrogen-bond acceptors (Lipinski definition) is 2. The minimum atomic E-state index is -0.898. The predicted octanol–water partition coefficient (Wildman–Crippen LogP) is 3.49. The second kappa shape index (κ2) is 4.62. The van der Waals surface area contributed by atoms with E-state index in [0.717, 1.165) is 29.8 Å². The van der Waals surface area contributed by atoms with Crippen molar-refractivity contribution in [3.63, 3.8) is 0 Å². The third-order valence-corrected chi connectivity index (χ3v) is 4.49. The van der Waals surface area contributed by atoms with Gasteiger partial charge in [0.05, 0.1) is 16.6 Å². The lowest BCUT2D eigenvalue weighted by Crippen LogP contribution is -2.31. The summed E-state index contributed by atoms with van der Waals surface area (Å²) in [7, 11) is 0. The van der Waals surface area contributed by atoms with Gasteiger partial charge in [0.2, 0.25) is 0 Å². The molecule has 1 heterocycles. The number of imidazole rings is 1. The molecule has 0 aliphatic heterocycles. The fourth-order valence-corrected chi connectivity index (χ4v) is 3.08. The molecule has 0 bridgehead atoms. The van der Waals surface area contributed by atoms with Crippen LogP contribution in [0.5, 0.6) is 0 Å². The fourth-order valence-electron chi connectivity index (χ4n) is 3.08. The average Bonchev–Trinajstić information content (AvgIpc) is 2.74. The van der Waals surface area contributed by atoms with Crippen molar-refractivity contribution in [3.05, 3.63) is 29.6 Å². The predicted molar refractivity (Wildman–Crippen MR) is 78.0 cm³/mol. The summed E-state index contributed by atoms with van der Waals surface area (Å²) in [5.41, 5.74) is 2.53. The zero-order chi connectivity index (χ0) is 14.3. The minimum absolute atomic E-state index is 0.305. The van der Waals surface area contributed by atoms with E-state index in [-0.39, 0.29) is 0 Å². The van der Waals surface area contributed by atoms with Crippen molar-refractivity contribution in [2.75, 3.05) is 0 Å². The summed E-state index contributed by atoms with van der Waals surface area (Å²) in [6, 6.07) is 5.24. The van der Waals surface area contributed by atoms with Gasteiger partial charge in [-0.25, -0.2) is 9.78 Å². The molecule has 3 rings (SSSR count). The normalized spacial score (nSPS) is 17.1. The molecule has 1 aliphatic rings. The number of fused-ring (bicyclic) bond motifs is 1. The van der Waals surface area contributed by atoms with Crippen molar-refractivity contribution in [2.45, 2.75) is 46.1 Å². The number of hydrogen-bond donors (Lipinski definition) is 1. The second-order valence-corrected chi connectivity index (χ2v) is 6.14. The highest BCUT2D eigenvalue weighted by molar-refractivity contribution is 5.92. The van der Waals surface area contributed by atoms with E-state index >= 15 is 0 Å². The molecule has 20 heavy (non-hydrogen) atoms. The molecule has 1 fully saturated rings. The summed E-state index contributed by atoms with van der Waals surface area (Å²) in [6.45, 7) is 5.41. The molecular weight excluding hydrogens is 252 g/mol. The minimum Gasteiger partial charge on any atom is -0.478 e. The second-order valence-electron chi connectivity index (χ2n) is 6.14. The van der Waals surface area contributed by atoms with Crippen molar-refractivity contribution in [3.8, 4) is 0 Å². The quantitative estimate of drug-likeness (QED) is 0.927. The van der Waals surface area contributed by atoms with Crippen LogP contribution in [0, 0.1) is 5.41 Å². The number of carbonyl (C=O) groups is 1. The van der Waals surface area contributed by atoms with Crippen molar-refractivity contribution in [2.24, 2.45) is 5.41 Å². The Labute approximate surface area is 118 Å². The zero-order valence-corrected chi connectivity index (χ0v) is 12.0.